The number of hydrogen-bond donors (Lipinski definition) is 1. The van der Waals surface area contributed by atoms with Gasteiger partial charge in [-0.25, -0.2) is 4.98 Å². The summed E-state index contributed by atoms with van der Waals surface area (Å²) in [6, 6.07) is 22.1. The Balaban J connectivity index is 1.57. The largest absolute Gasteiger partial charge is 0.437 e. The van der Waals surface area contributed by atoms with E-state index in [1.54, 1.807) is 25.3 Å². The number of para-hydroxylation sites is 2. The maximum absolute atomic E-state index is 12.8. The van der Waals surface area contributed by atoms with Gasteiger partial charge >= 0.3 is 0 Å². The van der Waals surface area contributed by atoms with Gasteiger partial charge in [-0.2, -0.15) is 9.90 Å². The van der Waals surface area contributed by atoms with Crippen molar-refractivity contribution in [1.82, 2.24) is 20.0 Å². The number of carbonyl (C=O) groups excluding carboxylic acids is 1. The SMILES string of the molecule is Cc1nn(-c2ccccc2)nc1C(=O)Nc1cccnc1Oc1ccccc1. The Morgan fingerprint density at radius 2 is 1.64 bits per heavy atom. The molecular weight excluding hydrogens is 354 g/mol. The van der Waals surface area contributed by atoms with Crippen molar-refractivity contribution in [3.8, 4) is 17.3 Å². The van der Waals surface area contributed by atoms with E-state index in [0.29, 0.717) is 23.0 Å². The van der Waals surface area contributed by atoms with Crippen molar-refractivity contribution >= 4 is 11.6 Å². The summed E-state index contributed by atoms with van der Waals surface area (Å²) >= 11 is 0. The van der Waals surface area contributed by atoms with Crippen LogP contribution >= 0.6 is 0 Å². The van der Waals surface area contributed by atoms with E-state index in [9.17, 15) is 4.79 Å². The fourth-order valence-electron chi connectivity index (χ4n) is 2.61. The molecule has 0 aliphatic carbocycles. The molecule has 0 fully saturated rings. The van der Waals surface area contributed by atoms with Gasteiger partial charge in [-0.3, -0.25) is 4.79 Å². The highest BCUT2D eigenvalue weighted by Gasteiger charge is 2.18. The minimum absolute atomic E-state index is 0.235. The van der Waals surface area contributed by atoms with Crippen molar-refractivity contribution in [2.75, 3.05) is 5.32 Å². The van der Waals surface area contributed by atoms with Crippen molar-refractivity contribution in [3.63, 3.8) is 0 Å². The summed E-state index contributed by atoms with van der Waals surface area (Å²) in [5, 5.41) is 11.5. The summed E-state index contributed by atoms with van der Waals surface area (Å²) in [5.74, 6) is 0.545. The maximum Gasteiger partial charge on any atom is 0.278 e. The summed E-state index contributed by atoms with van der Waals surface area (Å²) in [4.78, 5) is 18.4. The van der Waals surface area contributed by atoms with Crippen LogP contribution < -0.4 is 10.1 Å². The monoisotopic (exact) mass is 371 g/mol. The zero-order chi connectivity index (χ0) is 19.3. The molecule has 1 N–H and O–H groups in total. The molecule has 0 saturated carbocycles. The van der Waals surface area contributed by atoms with Crippen molar-refractivity contribution < 1.29 is 9.53 Å². The van der Waals surface area contributed by atoms with Crippen LogP contribution in [0, 0.1) is 6.92 Å². The van der Waals surface area contributed by atoms with Crippen molar-refractivity contribution in [1.29, 1.82) is 0 Å². The molecule has 1 amide bonds. The molecule has 28 heavy (non-hydrogen) atoms. The zero-order valence-corrected chi connectivity index (χ0v) is 15.1. The number of anilines is 1. The second-order valence-electron chi connectivity index (χ2n) is 5.98. The van der Waals surface area contributed by atoms with Crippen LogP contribution in [0.15, 0.2) is 79.0 Å². The molecule has 0 saturated heterocycles. The third kappa shape index (κ3) is 3.73. The first-order valence-electron chi connectivity index (χ1n) is 8.69. The lowest BCUT2D eigenvalue weighted by molar-refractivity contribution is 0.102. The number of amides is 1. The number of rotatable bonds is 5. The molecule has 0 atom stereocenters. The Labute approximate surface area is 161 Å². The Morgan fingerprint density at radius 3 is 2.39 bits per heavy atom. The Bertz CT molecular complexity index is 1090. The first kappa shape index (κ1) is 17.4. The average Bonchev–Trinajstić information content (AvgIpc) is 3.13. The van der Waals surface area contributed by atoms with Gasteiger partial charge < -0.3 is 10.1 Å². The van der Waals surface area contributed by atoms with Gasteiger partial charge in [0.2, 0.25) is 5.88 Å². The fraction of sp³-hybridized carbons (Fsp3) is 0.0476. The standard InChI is InChI=1S/C21H17N5O2/c1-15-19(25-26(24-15)16-9-4-2-5-10-16)20(27)23-18-13-8-14-22-21(18)28-17-11-6-3-7-12-17/h2-14H,1H3,(H,23,27). The predicted molar refractivity (Wildman–Crippen MR) is 105 cm³/mol. The van der Waals surface area contributed by atoms with E-state index in [1.807, 2.05) is 60.7 Å². The van der Waals surface area contributed by atoms with Gasteiger partial charge in [-0.05, 0) is 43.3 Å². The van der Waals surface area contributed by atoms with Crippen LogP contribution in [0.2, 0.25) is 0 Å². The lowest BCUT2D eigenvalue weighted by Crippen LogP contribution is -2.15. The molecule has 138 valence electrons. The molecule has 0 bridgehead atoms. The second kappa shape index (κ2) is 7.71. The first-order valence-corrected chi connectivity index (χ1v) is 8.69. The Kier molecular flexibility index (Phi) is 4.79. The van der Waals surface area contributed by atoms with E-state index in [2.05, 4.69) is 20.5 Å². The molecule has 2 heterocycles. The van der Waals surface area contributed by atoms with E-state index in [0.717, 1.165) is 5.69 Å². The quantitative estimate of drug-likeness (QED) is 0.573. The van der Waals surface area contributed by atoms with Gasteiger partial charge in [0.05, 0.1) is 11.4 Å². The topological polar surface area (TPSA) is 81.9 Å². The Morgan fingerprint density at radius 1 is 0.929 bits per heavy atom. The van der Waals surface area contributed by atoms with Crippen molar-refractivity contribution in [3.05, 3.63) is 90.4 Å². The molecule has 4 rings (SSSR count). The van der Waals surface area contributed by atoms with Gasteiger partial charge in [-0.15, -0.1) is 5.10 Å². The summed E-state index contributed by atoms with van der Waals surface area (Å²) in [6.45, 7) is 1.74. The van der Waals surface area contributed by atoms with E-state index in [4.69, 9.17) is 4.74 Å². The highest BCUT2D eigenvalue weighted by Crippen LogP contribution is 2.27. The normalized spacial score (nSPS) is 10.5. The molecule has 0 radical (unpaired) electrons. The second-order valence-corrected chi connectivity index (χ2v) is 5.98. The van der Waals surface area contributed by atoms with E-state index in [1.165, 1.54) is 4.80 Å². The van der Waals surface area contributed by atoms with Crippen LogP contribution in [-0.4, -0.2) is 25.9 Å². The predicted octanol–water partition coefficient (Wildman–Crippen LogP) is 4.02. The highest BCUT2D eigenvalue weighted by atomic mass is 16.5. The molecule has 2 aromatic heterocycles. The van der Waals surface area contributed by atoms with Crippen LogP contribution in [-0.2, 0) is 0 Å². The number of nitrogens with one attached hydrogen (secondary N) is 1. The lowest BCUT2D eigenvalue weighted by atomic mass is 10.3. The number of aryl methyl sites for hydroxylation is 1. The Hall–Kier alpha value is -4.00. The summed E-state index contributed by atoms with van der Waals surface area (Å²) in [7, 11) is 0. The first-order chi connectivity index (χ1) is 13.7. The van der Waals surface area contributed by atoms with Gasteiger partial charge in [0, 0.05) is 6.20 Å². The fourth-order valence-corrected chi connectivity index (χ4v) is 2.61. The van der Waals surface area contributed by atoms with Crippen LogP contribution in [0.25, 0.3) is 5.69 Å². The molecule has 0 aliphatic rings. The van der Waals surface area contributed by atoms with E-state index in [-0.39, 0.29) is 11.6 Å². The van der Waals surface area contributed by atoms with Crippen molar-refractivity contribution in [2.45, 2.75) is 6.92 Å². The zero-order valence-electron chi connectivity index (χ0n) is 15.1. The number of carbonyl (C=O) groups is 1. The molecular formula is C21H17N5O2. The minimum Gasteiger partial charge on any atom is -0.437 e. The van der Waals surface area contributed by atoms with Crippen LogP contribution in [0.5, 0.6) is 11.6 Å². The summed E-state index contributed by atoms with van der Waals surface area (Å²) < 4.78 is 5.78. The summed E-state index contributed by atoms with van der Waals surface area (Å²) in [5.41, 5.74) is 1.98. The van der Waals surface area contributed by atoms with Crippen molar-refractivity contribution in [2.24, 2.45) is 0 Å². The van der Waals surface area contributed by atoms with Gasteiger partial charge in [0.15, 0.2) is 5.69 Å². The lowest BCUT2D eigenvalue weighted by Gasteiger charge is -2.10. The number of pyridine rings is 1. The molecule has 0 spiro atoms. The van der Waals surface area contributed by atoms with Gasteiger partial charge in [0.1, 0.15) is 11.4 Å². The minimum atomic E-state index is -0.384. The third-order valence-electron chi connectivity index (χ3n) is 3.96. The van der Waals surface area contributed by atoms with Gasteiger partial charge in [0.25, 0.3) is 5.91 Å². The number of ether oxygens (including phenoxy) is 1. The summed E-state index contributed by atoms with van der Waals surface area (Å²) in [6.07, 6.45) is 1.60. The smallest absolute Gasteiger partial charge is 0.278 e. The molecule has 0 aliphatic heterocycles. The number of nitrogens with zero attached hydrogens (tertiary/aromatic N) is 4. The number of hydrogen-bond acceptors (Lipinski definition) is 5. The molecule has 0 unspecified atom stereocenters. The van der Waals surface area contributed by atoms with Crippen LogP contribution in [0.3, 0.4) is 0 Å². The molecule has 2 aromatic carbocycles. The van der Waals surface area contributed by atoms with E-state index >= 15 is 0 Å². The highest BCUT2D eigenvalue weighted by molar-refractivity contribution is 6.04. The van der Waals surface area contributed by atoms with Crippen LogP contribution in [0.1, 0.15) is 16.2 Å². The maximum atomic E-state index is 12.8. The van der Waals surface area contributed by atoms with E-state index < -0.39 is 0 Å². The molecule has 7 nitrogen and oxygen atoms in total. The average molecular weight is 371 g/mol. The molecule has 7 heteroatoms. The molecule has 4 aromatic rings. The number of aromatic nitrogens is 4. The third-order valence-corrected chi connectivity index (χ3v) is 3.96. The van der Waals surface area contributed by atoms with Crippen LogP contribution in [0.4, 0.5) is 5.69 Å². The van der Waals surface area contributed by atoms with Gasteiger partial charge in [-0.1, -0.05) is 36.4 Å². The number of benzene rings is 2.